The largest absolute Gasteiger partial charge is 1.00 e. The van der Waals surface area contributed by atoms with Gasteiger partial charge in [0.2, 0.25) is 0 Å². The molecule has 0 aromatic heterocycles. The summed E-state index contributed by atoms with van der Waals surface area (Å²) < 4.78 is 10.3. The van der Waals surface area contributed by atoms with Gasteiger partial charge in [0.25, 0.3) is 0 Å². The molecule has 6 nitrogen and oxygen atoms in total. The molecule has 0 spiro atoms. The molecule has 0 radical (unpaired) electrons. The predicted octanol–water partition coefficient (Wildman–Crippen LogP) is -1.73. The predicted molar refractivity (Wildman–Crippen MR) is 77.5 cm³/mol. The second-order valence-corrected chi connectivity index (χ2v) is 6.16. The van der Waals surface area contributed by atoms with Crippen molar-refractivity contribution in [1.29, 1.82) is 0 Å². The molecule has 1 rings (SSSR count). The Labute approximate surface area is 158 Å². The van der Waals surface area contributed by atoms with Crippen molar-refractivity contribution in [2.24, 2.45) is 0 Å². The number of aliphatic carboxylic acids is 1. The Balaban J connectivity index is 0.00000484. The fraction of sp³-hybridized carbons (Fsp3) is 0.500. The fourth-order valence-corrected chi connectivity index (χ4v) is 1.98. The molecule has 1 atom stereocenters. The van der Waals surface area contributed by atoms with Crippen molar-refractivity contribution in [3.05, 3.63) is 28.8 Å². The Bertz CT molecular complexity index is 553. The Morgan fingerprint density at radius 3 is 2.09 bits per heavy atom. The number of aliphatic hydroxyl groups is 1. The van der Waals surface area contributed by atoms with Gasteiger partial charge in [-0.05, 0) is 51.3 Å². The number of rotatable bonds is 4. The minimum atomic E-state index is -1.57. The van der Waals surface area contributed by atoms with Gasteiger partial charge in [0.05, 0.1) is 12.1 Å². The third-order valence-electron chi connectivity index (χ3n) is 2.80. The molecule has 1 N–H and O–H groups in total. The van der Waals surface area contributed by atoms with Gasteiger partial charge in [0, 0.05) is 6.42 Å². The second-order valence-electron chi connectivity index (χ2n) is 6.16. The molecule has 0 saturated carbocycles. The van der Waals surface area contributed by atoms with Crippen LogP contribution < -0.4 is 39.4 Å². The molecule has 0 amide bonds. The summed E-state index contributed by atoms with van der Waals surface area (Å²) in [4.78, 5) is 22.3. The normalized spacial score (nSPS) is 12.1. The molecule has 0 bridgehead atoms. The topological polar surface area (TPSA) is 95.9 Å². The number of carboxylic acid groups (broad SMARTS) is 1. The first-order valence-electron chi connectivity index (χ1n) is 6.89. The van der Waals surface area contributed by atoms with E-state index >= 15 is 0 Å². The quantitative estimate of drug-likeness (QED) is 0.400. The minimum absolute atomic E-state index is 0. The molecular weight excluding hydrogens is 311 g/mol. The first-order valence-corrected chi connectivity index (χ1v) is 6.89. The van der Waals surface area contributed by atoms with Crippen molar-refractivity contribution in [1.82, 2.24) is 0 Å². The third-order valence-corrected chi connectivity index (χ3v) is 2.80. The SMILES string of the molecule is Cc1cc(C[C@@H](O)C(=O)[O-])cc(C)c1OC(=O)OC(C)(C)C.[Na+]. The van der Waals surface area contributed by atoms with Gasteiger partial charge in [0.15, 0.2) is 0 Å². The van der Waals surface area contributed by atoms with E-state index in [0.717, 1.165) is 0 Å². The van der Waals surface area contributed by atoms with Crippen molar-refractivity contribution in [3.8, 4) is 5.75 Å². The monoisotopic (exact) mass is 332 g/mol. The number of carbonyl (C=O) groups is 2. The summed E-state index contributed by atoms with van der Waals surface area (Å²) in [5.41, 5.74) is 1.25. The maximum absolute atomic E-state index is 11.7. The van der Waals surface area contributed by atoms with Crippen LogP contribution in [0.4, 0.5) is 4.79 Å². The molecular formula is C16H21NaO6. The van der Waals surface area contributed by atoms with Crippen LogP contribution in [0, 0.1) is 13.8 Å². The van der Waals surface area contributed by atoms with Crippen molar-refractivity contribution < 1.29 is 58.8 Å². The van der Waals surface area contributed by atoms with Gasteiger partial charge in [-0.2, -0.15) is 0 Å². The van der Waals surface area contributed by atoms with Gasteiger partial charge in [-0.3, -0.25) is 0 Å². The van der Waals surface area contributed by atoms with Gasteiger partial charge in [-0.25, -0.2) is 4.79 Å². The van der Waals surface area contributed by atoms with Crippen molar-refractivity contribution in [3.63, 3.8) is 0 Å². The first kappa shape index (κ1) is 21.9. The van der Waals surface area contributed by atoms with Gasteiger partial charge < -0.3 is 24.5 Å². The number of aliphatic hydroxyl groups excluding tert-OH is 1. The molecule has 1 aromatic carbocycles. The number of benzene rings is 1. The average molecular weight is 332 g/mol. The molecule has 0 unspecified atom stereocenters. The Morgan fingerprint density at radius 1 is 1.22 bits per heavy atom. The molecule has 0 aliphatic rings. The number of carboxylic acids is 1. The molecule has 0 fully saturated rings. The van der Waals surface area contributed by atoms with Crippen LogP contribution in [0.5, 0.6) is 5.75 Å². The van der Waals surface area contributed by atoms with Gasteiger partial charge in [-0.1, -0.05) is 12.1 Å². The van der Waals surface area contributed by atoms with Crippen LogP contribution in [0.3, 0.4) is 0 Å². The summed E-state index contributed by atoms with van der Waals surface area (Å²) in [5, 5.41) is 19.9. The molecule has 0 saturated heterocycles. The van der Waals surface area contributed by atoms with Gasteiger partial charge >= 0.3 is 35.7 Å². The minimum Gasteiger partial charge on any atom is -0.547 e. The van der Waals surface area contributed by atoms with E-state index in [1.54, 1.807) is 46.8 Å². The molecule has 122 valence electrons. The number of hydrogen-bond donors (Lipinski definition) is 1. The van der Waals surface area contributed by atoms with E-state index < -0.39 is 23.8 Å². The number of ether oxygens (including phenoxy) is 2. The fourth-order valence-electron chi connectivity index (χ4n) is 1.98. The van der Waals surface area contributed by atoms with E-state index in [-0.39, 0.29) is 36.0 Å². The third kappa shape index (κ3) is 7.35. The number of carbonyl (C=O) groups excluding carboxylic acids is 2. The van der Waals surface area contributed by atoms with Crippen LogP contribution in [-0.4, -0.2) is 28.9 Å². The Kier molecular flexibility index (Phi) is 8.28. The number of aryl methyl sites for hydroxylation is 2. The number of hydrogen-bond acceptors (Lipinski definition) is 6. The molecule has 0 aliphatic heterocycles. The molecule has 23 heavy (non-hydrogen) atoms. The van der Waals surface area contributed by atoms with Gasteiger partial charge in [-0.15, -0.1) is 0 Å². The summed E-state index contributed by atoms with van der Waals surface area (Å²) in [6.07, 6.45) is -2.45. The summed E-state index contributed by atoms with van der Waals surface area (Å²) in [7, 11) is 0. The van der Waals surface area contributed by atoms with Crippen molar-refractivity contribution >= 4 is 12.1 Å². The molecule has 7 heteroatoms. The Morgan fingerprint density at radius 2 is 1.70 bits per heavy atom. The molecule has 0 heterocycles. The van der Waals surface area contributed by atoms with E-state index in [9.17, 15) is 19.8 Å². The Hall–Kier alpha value is -1.08. The summed E-state index contributed by atoms with van der Waals surface area (Å²) in [5.74, 6) is -1.16. The standard InChI is InChI=1S/C16H22O6.Na/c1-9-6-11(8-12(17)14(18)19)7-10(2)13(9)21-15(20)22-16(3,4)5;/h6-7,12,17H,8H2,1-5H3,(H,18,19);/q;+1/p-1/t12-;/m1./s1. The maximum Gasteiger partial charge on any atom is 1.00 e. The second kappa shape index (κ2) is 8.68. The molecule has 1 aromatic rings. The molecule has 0 aliphatic carbocycles. The van der Waals surface area contributed by atoms with E-state index in [1.165, 1.54) is 0 Å². The van der Waals surface area contributed by atoms with Crippen LogP contribution >= 0.6 is 0 Å². The van der Waals surface area contributed by atoms with E-state index in [0.29, 0.717) is 22.4 Å². The van der Waals surface area contributed by atoms with E-state index in [2.05, 4.69) is 0 Å². The zero-order valence-corrected chi connectivity index (χ0v) is 16.4. The van der Waals surface area contributed by atoms with Gasteiger partial charge in [0.1, 0.15) is 11.4 Å². The van der Waals surface area contributed by atoms with Crippen LogP contribution in [0.2, 0.25) is 0 Å². The summed E-state index contributed by atoms with van der Waals surface area (Å²) >= 11 is 0. The maximum atomic E-state index is 11.7. The van der Waals surface area contributed by atoms with Crippen LogP contribution in [-0.2, 0) is 16.0 Å². The summed E-state index contributed by atoms with van der Waals surface area (Å²) in [6.45, 7) is 8.65. The summed E-state index contributed by atoms with van der Waals surface area (Å²) in [6, 6.07) is 3.30. The zero-order valence-electron chi connectivity index (χ0n) is 14.4. The van der Waals surface area contributed by atoms with Crippen molar-refractivity contribution in [2.45, 2.75) is 52.7 Å². The smallest absolute Gasteiger partial charge is 0.547 e. The van der Waals surface area contributed by atoms with Crippen LogP contribution in [0.1, 0.15) is 37.5 Å². The van der Waals surface area contributed by atoms with Crippen LogP contribution in [0.25, 0.3) is 0 Å². The first-order chi connectivity index (χ1) is 9.99. The van der Waals surface area contributed by atoms with Crippen LogP contribution in [0.15, 0.2) is 12.1 Å². The average Bonchev–Trinajstić information content (AvgIpc) is 2.31. The van der Waals surface area contributed by atoms with Crippen molar-refractivity contribution in [2.75, 3.05) is 0 Å². The zero-order chi connectivity index (χ0) is 17.1. The van der Waals surface area contributed by atoms with E-state index in [4.69, 9.17) is 9.47 Å². The van der Waals surface area contributed by atoms with E-state index in [1.807, 2.05) is 0 Å².